The van der Waals surface area contributed by atoms with E-state index in [0.29, 0.717) is 16.1 Å². The van der Waals surface area contributed by atoms with Crippen molar-refractivity contribution in [1.29, 1.82) is 0 Å². The molecule has 30 heavy (non-hydrogen) atoms. The van der Waals surface area contributed by atoms with Crippen LogP contribution in [0, 0.1) is 0 Å². The average Bonchev–Trinajstić information content (AvgIpc) is 2.76. The summed E-state index contributed by atoms with van der Waals surface area (Å²) in [7, 11) is 0. The molecule has 0 radical (unpaired) electrons. The van der Waals surface area contributed by atoms with E-state index in [-0.39, 0.29) is 17.6 Å². The van der Waals surface area contributed by atoms with Crippen molar-refractivity contribution in [1.82, 2.24) is 10.7 Å². The lowest BCUT2D eigenvalue weighted by molar-refractivity contribution is -0.136. The van der Waals surface area contributed by atoms with Gasteiger partial charge in [0.15, 0.2) is 0 Å². The van der Waals surface area contributed by atoms with Gasteiger partial charge in [0.05, 0.1) is 17.5 Å². The van der Waals surface area contributed by atoms with Gasteiger partial charge in [0.1, 0.15) is 0 Å². The molecule has 1 aliphatic rings. The third-order valence-corrected chi connectivity index (χ3v) is 5.19. The van der Waals surface area contributed by atoms with Gasteiger partial charge in [-0.15, -0.1) is 0 Å². The van der Waals surface area contributed by atoms with E-state index in [1.807, 2.05) is 0 Å². The zero-order chi connectivity index (χ0) is 21.3. The van der Waals surface area contributed by atoms with Crippen molar-refractivity contribution in [3.63, 3.8) is 0 Å². The Labute approximate surface area is 179 Å². The first-order valence-corrected chi connectivity index (χ1v) is 10.2. The zero-order valence-electron chi connectivity index (χ0n) is 16.4. The van der Waals surface area contributed by atoms with Gasteiger partial charge in [0, 0.05) is 16.6 Å². The minimum absolute atomic E-state index is 0.137. The highest BCUT2D eigenvalue weighted by molar-refractivity contribution is 6.40. The van der Waals surface area contributed by atoms with Gasteiger partial charge in [-0.1, -0.05) is 61.2 Å². The zero-order valence-corrected chi connectivity index (χ0v) is 17.1. The molecule has 3 N–H and O–H groups in total. The van der Waals surface area contributed by atoms with E-state index in [4.69, 9.17) is 11.6 Å². The van der Waals surface area contributed by atoms with Crippen LogP contribution in [0.25, 0.3) is 0 Å². The van der Waals surface area contributed by atoms with Crippen molar-refractivity contribution in [2.24, 2.45) is 5.10 Å². The van der Waals surface area contributed by atoms with Crippen molar-refractivity contribution in [2.45, 2.75) is 38.1 Å². The number of carbonyl (C=O) groups is 3. The smallest absolute Gasteiger partial charge is 0.329 e. The van der Waals surface area contributed by atoms with Crippen LogP contribution in [0.5, 0.6) is 0 Å². The number of nitrogens with one attached hydrogen (secondary N) is 3. The number of carbonyl (C=O) groups excluding carboxylic acids is 3. The van der Waals surface area contributed by atoms with Crippen LogP contribution in [0.15, 0.2) is 53.6 Å². The van der Waals surface area contributed by atoms with E-state index in [1.54, 1.807) is 48.5 Å². The third kappa shape index (κ3) is 5.90. The van der Waals surface area contributed by atoms with Crippen LogP contribution in [-0.4, -0.2) is 30.0 Å². The fourth-order valence-electron chi connectivity index (χ4n) is 3.27. The van der Waals surface area contributed by atoms with Gasteiger partial charge in [-0.2, -0.15) is 5.10 Å². The van der Waals surface area contributed by atoms with Crippen LogP contribution in [0.1, 0.15) is 48.0 Å². The van der Waals surface area contributed by atoms with Crippen LogP contribution in [0.2, 0.25) is 5.02 Å². The summed E-state index contributed by atoms with van der Waals surface area (Å²) in [6, 6.07) is 13.7. The van der Waals surface area contributed by atoms with E-state index in [9.17, 15) is 14.4 Å². The lowest BCUT2D eigenvalue weighted by Gasteiger charge is -2.23. The highest BCUT2D eigenvalue weighted by Crippen LogP contribution is 2.20. The quantitative estimate of drug-likeness (QED) is 0.387. The Kier molecular flexibility index (Phi) is 7.57. The molecule has 156 valence electrons. The third-order valence-electron chi connectivity index (χ3n) is 4.84. The monoisotopic (exact) mass is 426 g/mol. The van der Waals surface area contributed by atoms with Crippen LogP contribution >= 0.6 is 11.6 Å². The Morgan fingerprint density at radius 2 is 1.63 bits per heavy atom. The average molecular weight is 427 g/mol. The largest absolute Gasteiger partial charge is 0.349 e. The molecule has 0 saturated heterocycles. The van der Waals surface area contributed by atoms with Crippen molar-refractivity contribution in [3.05, 3.63) is 64.7 Å². The first-order valence-electron chi connectivity index (χ1n) is 9.83. The maximum absolute atomic E-state index is 12.6. The van der Waals surface area contributed by atoms with Gasteiger partial charge < -0.3 is 10.6 Å². The fraction of sp³-hybridized carbons (Fsp3) is 0.273. The fourth-order valence-corrected chi connectivity index (χ4v) is 3.45. The number of hydrazone groups is 1. The van der Waals surface area contributed by atoms with Crippen LogP contribution < -0.4 is 16.1 Å². The molecule has 0 heterocycles. The summed E-state index contributed by atoms with van der Waals surface area (Å²) in [5.41, 5.74) is 3.33. The number of amides is 3. The standard InChI is InChI=1S/C22H23ClN4O3/c23-18-12-6-4-8-15(18)14-24-27-22(30)21(29)26-19-13-7-5-11-17(19)20(28)25-16-9-2-1-3-10-16/h4-8,11-14,16H,1-3,9-10H2,(H,25,28)(H,26,29)(H,27,30). The highest BCUT2D eigenvalue weighted by atomic mass is 35.5. The summed E-state index contributed by atoms with van der Waals surface area (Å²) in [5.74, 6) is -2.15. The topological polar surface area (TPSA) is 99.7 Å². The molecule has 1 saturated carbocycles. The summed E-state index contributed by atoms with van der Waals surface area (Å²) >= 11 is 6.01. The second kappa shape index (κ2) is 10.5. The molecule has 0 aliphatic heterocycles. The van der Waals surface area contributed by atoms with Gasteiger partial charge in [0.2, 0.25) is 0 Å². The Morgan fingerprint density at radius 1 is 0.933 bits per heavy atom. The molecule has 1 fully saturated rings. The second-order valence-electron chi connectivity index (χ2n) is 7.03. The van der Waals surface area contributed by atoms with Gasteiger partial charge in [-0.05, 0) is 31.0 Å². The normalized spacial score (nSPS) is 14.3. The Balaban J connectivity index is 1.60. The predicted molar refractivity (Wildman–Crippen MR) is 117 cm³/mol. The van der Waals surface area contributed by atoms with Gasteiger partial charge in [-0.3, -0.25) is 14.4 Å². The maximum atomic E-state index is 12.6. The molecule has 7 nitrogen and oxygen atoms in total. The summed E-state index contributed by atoms with van der Waals surface area (Å²) in [4.78, 5) is 36.9. The molecule has 2 aromatic rings. The van der Waals surface area contributed by atoms with Crippen molar-refractivity contribution < 1.29 is 14.4 Å². The summed E-state index contributed by atoms with van der Waals surface area (Å²) in [6.45, 7) is 0. The molecule has 3 amide bonds. The molecular formula is C22H23ClN4O3. The van der Waals surface area contributed by atoms with Gasteiger partial charge >= 0.3 is 11.8 Å². The molecule has 0 aromatic heterocycles. The SMILES string of the molecule is O=C(NN=Cc1ccccc1Cl)C(=O)Nc1ccccc1C(=O)NC1CCCCC1. The second-order valence-corrected chi connectivity index (χ2v) is 7.44. The summed E-state index contributed by atoms with van der Waals surface area (Å²) in [6.07, 6.45) is 6.63. The van der Waals surface area contributed by atoms with E-state index in [2.05, 4.69) is 21.2 Å². The minimum atomic E-state index is -0.958. The maximum Gasteiger partial charge on any atom is 0.329 e. The minimum Gasteiger partial charge on any atom is -0.349 e. The molecule has 2 aromatic carbocycles. The van der Waals surface area contributed by atoms with Crippen molar-refractivity contribution >= 4 is 41.2 Å². The van der Waals surface area contributed by atoms with Crippen LogP contribution in [0.4, 0.5) is 5.69 Å². The number of halogens is 1. The molecular weight excluding hydrogens is 404 g/mol. The number of benzene rings is 2. The molecule has 0 atom stereocenters. The molecule has 0 bridgehead atoms. The van der Waals surface area contributed by atoms with E-state index >= 15 is 0 Å². The van der Waals surface area contributed by atoms with Gasteiger partial charge in [-0.25, -0.2) is 5.43 Å². The van der Waals surface area contributed by atoms with Gasteiger partial charge in [0.25, 0.3) is 5.91 Å². The number of rotatable bonds is 5. The molecule has 0 spiro atoms. The first-order chi connectivity index (χ1) is 14.5. The van der Waals surface area contributed by atoms with E-state index in [0.717, 1.165) is 25.7 Å². The number of hydrogen-bond donors (Lipinski definition) is 3. The van der Waals surface area contributed by atoms with E-state index < -0.39 is 11.8 Å². The number of anilines is 1. The van der Waals surface area contributed by atoms with Crippen molar-refractivity contribution in [2.75, 3.05) is 5.32 Å². The number of para-hydroxylation sites is 1. The van der Waals surface area contributed by atoms with Crippen LogP contribution in [0.3, 0.4) is 0 Å². The number of nitrogens with zero attached hydrogens (tertiary/aromatic N) is 1. The lowest BCUT2D eigenvalue weighted by Crippen LogP contribution is -2.37. The molecule has 8 heteroatoms. The Hall–Kier alpha value is -3.19. The number of hydrogen-bond acceptors (Lipinski definition) is 4. The molecule has 0 unspecified atom stereocenters. The van der Waals surface area contributed by atoms with Crippen molar-refractivity contribution in [3.8, 4) is 0 Å². The lowest BCUT2D eigenvalue weighted by atomic mass is 9.95. The summed E-state index contributed by atoms with van der Waals surface area (Å²) < 4.78 is 0. The van der Waals surface area contributed by atoms with E-state index in [1.165, 1.54) is 12.6 Å². The molecule has 3 rings (SSSR count). The summed E-state index contributed by atoms with van der Waals surface area (Å²) in [5, 5.41) is 9.71. The highest BCUT2D eigenvalue weighted by Gasteiger charge is 2.20. The Morgan fingerprint density at radius 3 is 2.40 bits per heavy atom. The predicted octanol–water partition coefficient (Wildman–Crippen LogP) is 3.49. The molecule has 1 aliphatic carbocycles. The first kappa shape index (κ1) is 21.5. The Bertz CT molecular complexity index is 955. The van der Waals surface area contributed by atoms with Crippen LogP contribution in [-0.2, 0) is 9.59 Å².